The lowest BCUT2D eigenvalue weighted by Gasteiger charge is -2.29. The van der Waals surface area contributed by atoms with Crippen LogP contribution >= 0.6 is 15.2 Å². The van der Waals surface area contributed by atoms with E-state index in [0.29, 0.717) is 22.6 Å². The number of fused-ring (bicyclic) bond motifs is 1. The van der Waals surface area contributed by atoms with E-state index in [1.54, 1.807) is 18.2 Å². The molecule has 1 amide bonds. The van der Waals surface area contributed by atoms with Crippen LogP contribution in [0.4, 0.5) is 4.39 Å². The summed E-state index contributed by atoms with van der Waals surface area (Å²) in [6.45, 7) is 0.0294. The normalized spacial score (nSPS) is 15.3. The molecule has 6 N–H and O–H groups in total. The standard InChI is InChI=1S/C27H34FNO13P2/c28-19-6-4-18(5-7-19)23-16-42-24-15-21(8-9-22(24)26(23)32)41-17-25(31)29-12-14-40-13-10-20(30)3-1-2-11-27(33,43(34,35)36)44(37,38)39/h4-9,15,23,33H,1-3,10-14,16-17H2,(H,29,31)(H2,34,35,36)(H2,37,38,39). The van der Waals surface area contributed by atoms with Gasteiger partial charge in [0.2, 0.25) is 0 Å². The van der Waals surface area contributed by atoms with Crippen molar-refractivity contribution in [2.75, 3.05) is 33.0 Å². The van der Waals surface area contributed by atoms with Crippen LogP contribution in [0.15, 0.2) is 42.5 Å². The van der Waals surface area contributed by atoms with Gasteiger partial charge < -0.3 is 44.2 Å². The maximum absolute atomic E-state index is 13.2. The summed E-state index contributed by atoms with van der Waals surface area (Å²) in [5.41, 5.74) is 0.996. The Kier molecular flexibility index (Phi) is 12.4. The summed E-state index contributed by atoms with van der Waals surface area (Å²) in [5, 5.41) is 8.90. The predicted molar refractivity (Wildman–Crippen MR) is 152 cm³/mol. The highest BCUT2D eigenvalue weighted by atomic mass is 31.2. The molecule has 0 fully saturated rings. The molecule has 44 heavy (non-hydrogen) atoms. The Morgan fingerprint density at radius 2 is 1.68 bits per heavy atom. The van der Waals surface area contributed by atoms with E-state index in [1.165, 1.54) is 24.3 Å². The first-order valence-corrected chi connectivity index (χ1v) is 16.7. The molecule has 0 aliphatic carbocycles. The van der Waals surface area contributed by atoms with Gasteiger partial charge in [-0.15, -0.1) is 0 Å². The molecule has 17 heteroatoms. The Labute approximate surface area is 251 Å². The molecule has 1 unspecified atom stereocenters. The fraction of sp³-hybridized carbons (Fsp3) is 0.444. The van der Waals surface area contributed by atoms with Crippen molar-refractivity contribution in [1.82, 2.24) is 5.32 Å². The van der Waals surface area contributed by atoms with E-state index in [0.717, 1.165) is 0 Å². The van der Waals surface area contributed by atoms with Crippen molar-refractivity contribution in [2.45, 2.75) is 43.1 Å². The van der Waals surface area contributed by atoms with E-state index in [2.05, 4.69) is 5.32 Å². The molecule has 0 saturated carbocycles. The lowest BCUT2D eigenvalue weighted by atomic mass is 9.89. The first kappa shape index (κ1) is 35.5. The Bertz CT molecular complexity index is 1400. The average Bonchev–Trinajstić information content (AvgIpc) is 2.95. The van der Waals surface area contributed by atoms with Crippen molar-refractivity contribution in [1.29, 1.82) is 0 Å². The summed E-state index contributed by atoms with van der Waals surface area (Å²) in [6.07, 6.45) is -1.09. The number of rotatable bonds is 17. The van der Waals surface area contributed by atoms with Gasteiger partial charge in [0, 0.05) is 25.5 Å². The van der Waals surface area contributed by atoms with E-state index in [-0.39, 0.29) is 70.2 Å². The number of benzene rings is 2. The molecule has 0 saturated heterocycles. The number of ketones is 2. The molecule has 1 aliphatic heterocycles. The monoisotopic (exact) mass is 661 g/mol. The van der Waals surface area contributed by atoms with Crippen LogP contribution in [0, 0.1) is 5.82 Å². The Balaban J connectivity index is 1.29. The molecule has 0 spiro atoms. The molecule has 1 aliphatic rings. The highest BCUT2D eigenvalue weighted by Gasteiger charge is 2.58. The minimum absolute atomic E-state index is 0.00581. The lowest BCUT2D eigenvalue weighted by molar-refractivity contribution is -0.124. The molecular formula is C27H34FNO13P2. The van der Waals surface area contributed by atoms with Crippen LogP contribution in [0.1, 0.15) is 53.9 Å². The zero-order chi connectivity index (χ0) is 32.5. The zero-order valence-electron chi connectivity index (χ0n) is 23.5. The topological polar surface area (TPSA) is 226 Å². The number of Topliss-reactive ketones (excluding diaryl/α,β-unsaturated/α-hetero) is 2. The third-order valence-corrected chi connectivity index (χ3v) is 10.7. The molecule has 0 aromatic heterocycles. The van der Waals surface area contributed by atoms with E-state index >= 15 is 0 Å². The SMILES string of the molecule is O=C(CCCCC(O)(P(=O)(O)O)P(=O)(O)O)CCOCCNC(=O)COc1ccc2c(c1)OCC(c1ccc(F)cc1)C2=O. The molecule has 3 rings (SSSR count). The van der Waals surface area contributed by atoms with Crippen molar-refractivity contribution in [2.24, 2.45) is 0 Å². The average molecular weight is 662 g/mol. The number of unbranched alkanes of at least 4 members (excludes halogenated alkanes) is 1. The molecule has 1 atom stereocenters. The van der Waals surface area contributed by atoms with E-state index in [4.69, 9.17) is 33.8 Å². The summed E-state index contributed by atoms with van der Waals surface area (Å²) in [4.78, 5) is 73.4. The van der Waals surface area contributed by atoms with Gasteiger partial charge in [0.15, 0.2) is 12.4 Å². The number of halogens is 1. The molecule has 2 aromatic carbocycles. The summed E-state index contributed by atoms with van der Waals surface area (Å²) >= 11 is 0. The van der Waals surface area contributed by atoms with Gasteiger partial charge in [0.25, 0.3) is 11.0 Å². The highest BCUT2D eigenvalue weighted by molar-refractivity contribution is 7.72. The van der Waals surface area contributed by atoms with Gasteiger partial charge in [-0.05, 0) is 49.1 Å². The molecular weight excluding hydrogens is 627 g/mol. The molecule has 14 nitrogen and oxygen atoms in total. The van der Waals surface area contributed by atoms with Crippen LogP contribution in [0.5, 0.6) is 11.5 Å². The first-order chi connectivity index (χ1) is 20.6. The molecule has 0 radical (unpaired) electrons. The fourth-order valence-corrected chi connectivity index (χ4v) is 6.57. The van der Waals surface area contributed by atoms with Crippen LogP contribution in [0.25, 0.3) is 0 Å². The third kappa shape index (κ3) is 9.50. The number of amides is 1. The highest BCUT2D eigenvalue weighted by Crippen LogP contribution is 2.69. The van der Waals surface area contributed by atoms with E-state index in [1.807, 2.05) is 0 Å². The van der Waals surface area contributed by atoms with Crippen LogP contribution in [0.3, 0.4) is 0 Å². The van der Waals surface area contributed by atoms with Crippen LogP contribution < -0.4 is 14.8 Å². The van der Waals surface area contributed by atoms with Crippen LogP contribution in [0.2, 0.25) is 0 Å². The van der Waals surface area contributed by atoms with Gasteiger partial charge in [-0.2, -0.15) is 0 Å². The van der Waals surface area contributed by atoms with Crippen LogP contribution in [-0.2, 0) is 23.5 Å². The fourth-order valence-electron chi connectivity index (χ4n) is 4.32. The summed E-state index contributed by atoms with van der Waals surface area (Å²) < 4.78 is 52.4. The predicted octanol–water partition coefficient (Wildman–Crippen LogP) is 2.22. The summed E-state index contributed by atoms with van der Waals surface area (Å²) in [5.74, 6) is -1.20. The molecule has 1 heterocycles. The van der Waals surface area contributed by atoms with Gasteiger partial charge in [0.05, 0.1) is 24.7 Å². The summed E-state index contributed by atoms with van der Waals surface area (Å²) in [7, 11) is -11.0. The molecule has 0 bridgehead atoms. The molecule has 242 valence electrons. The van der Waals surface area contributed by atoms with E-state index in [9.17, 15) is 33.0 Å². The molecule has 2 aromatic rings. The number of aliphatic hydroxyl groups is 1. The van der Waals surface area contributed by atoms with Gasteiger partial charge in [-0.25, -0.2) is 4.39 Å². The Morgan fingerprint density at radius 3 is 2.34 bits per heavy atom. The Hall–Kier alpha value is -3.00. The second-order valence-corrected chi connectivity index (χ2v) is 14.1. The van der Waals surface area contributed by atoms with Gasteiger partial charge >= 0.3 is 15.2 Å². The van der Waals surface area contributed by atoms with Gasteiger partial charge in [0.1, 0.15) is 29.7 Å². The third-order valence-electron chi connectivity index (χ3n) is 6.83. The maximum atomic E-state index is 13.2. The van der Waals surface area contributed by atoms with Gasteiger partial charge in [-0.1, -0.05) is 12.1 Å². The smallest absolute Gasteiger partial charge is 0.369 e. The second-order valence-electron chi connectivity index (χ2n) is 10.0. The summed E-state index contributed by atoms with van der Waals surface area (Å²) in [6, 6.07) is 10.2. The quantitative estimate of drug-likeness (QED) is 0.106. The number of carbonyl (C=O) groups is 3. The first-order valence-electron chi connectivity index (χ1n) is 13.5. The number of carbonyl (C=O) groups excluding carboxylic acids is 3. The lowest BCUT2D eigenvalue weighted by Crippen LogP contribution is -2.32. The van der Waals surface area contributed by atoms with Crippen molar-refractivity contribution in [3.05, 3.63) is 59.4 Å². The minimum Gasteiger partial charge on any atom is -0.492 e. The number of nitrogens with one attached hydrogen (secondary N) is 1. The van der Waals surface area contributed by atoms with Crippen LogP contribution in [-0.4, -0.2) is 80.2 Å². The largest absolute Gasteiger partial charge is 0.492 e. The Morgan fingerprint density at radius 1 is 1.00 bits per heavy atom. The second kappa shape index (κ2) is 15.3. The van der Waals surface area contributed by atoms with Crippen molar-refractivity contribution < 1.29 is 66.8 Å². The van der Waals surface area contributed by atoms with Gasteiger partial charge in [-0.3, -0.25) is 23.5 Å². The zero-order valence-corrected chi connectivity index (χ0v) is 25.3. The maximum Gasteiger partial charge on any atom is 0.369 e. The minimum atomic E-state index is -5.52. The number of hydrogen-bond donors (Lipinski definition) is 6. The van der Waals surface area contributed by atoms with E-state index < -0.39 is 44.3 Å². The number of hydrogen-bond acceptors (Lipinski definition) is 9. The van der Waals surface area contributed by atoms with Crippen molar-refractivity contribution >= 4 is 32.7 Å². The van der Waals surface area contributed by atoms with Crippen molar-refractivity contribution in [3.8, 4) is 11.5 Å². The number of ether oxygens (including phenoxy) is 3. The van der Waals surface area contributed by atoms with Crippen molar-refractivity contribution in [3.63, 3.8) is 0 Å².